The van der Waals surface area contributed by atoms with E-state index in [-0.39, 0.29) is 24.1 Å². The van der Waals surface area contributed by atoms with Crippen LogP contribution in [-0.4, -0.2) is 43.9 Å². The summed E-state index contributed by atoms with van der Waals surface area (Å²) < 4.78 is 13.5. The molecule has 1 aromatic heterocycles. The first-order chi connectivity index (χ1) is 11.5. The Labute approximate surface area is 144 Å². The molecule has 24 heavy (non-hydrogen) atoms. The van der Waals surface area contributed by atoms with Crippen molar-refractivity contribution >= 4 is 23.2 Å². The number of rotatable bonds is 7. The van der Waals surface area contributed by atoms with E-state index in [4.69, 9.17) is 0 Å². The lowest BCUT2D eigenvalue weighted by atomic mass is 10.2. The number of thiophene rings is 1. The quantitative estimate of drug-likeness (QED) is 0.804. The second-order valence-electron chi connectivity index (χ2n) is 5.46. The highest BCUT2D eigenvalue weighted by atomic mass is 32.1. The first-order valence-electron chi connectivity index (χ1n) is 7.48. The van der Waals surface area contributed by atoms with E-state index in [0.717, 1.165) is 4.88 Å². The highest BCUT2D eigenvalue weighted by Gasteiger charge is 2.17. The van der Waals surface area contributed by atoms with Crippen LogP contribution in [0.15, 0.2) is 41.8 Å². The van der Waals surface area contributed by atoms with Gasteiger partial charge >= 0.3 is 0 Å². The molecule has 1 heterocycles. The van der Waals surface area contributed by atoms with E-state index in [0.29, 0.717) is 6.54 Å². The molecule has 0 aliphatic heterocycles. The second-order valence-corrected chi connectivity index (χ2v) is 6.44. The van der Waals surface area contributed by atoms with Crippen molar-refractivity contribution in [1.82, 2.24) is 15.5 Å². The number of benzene rings is 1. The summed E-state index contributed by atoms with van der Waals surface area (Å²) in [6.07, 6.45) is 0. The molecule has 0 spiro atoms. The molecule has 2 rings (SSSR count). The van der Waals surface area contributed by atoms with Crippen LogP contribution in [0.5, 0.6) is 0 Å². The van der Waals surface area contributed by atoms with Crippen molar-refractivity contribution in [3.8, 4) is 0 Å². The van der Waals surface area contributed by atoms with Gasteiger partial charge in [-0.3, -0.25) is 9.59 Å². The van der Waals surface area contributed by atoms with E-state index in [2.05, 4.69) is 10.6 Å². The summed E-state index contributed by atoms with van der Waals surface area (Å²) >= 11 is 1.62. The highest BCUT2D eigenvalue weighted by Crippen LogP contribution is 2.22. The van der Waals surface area contributed by atoms with Gasteiger partial charge in [0.1, 0.15) is 5.82 Å². The van der Waals surface area contributed by atoms with Gasteiger partial charge in [0.05, 0.1) is 18.2 Å². The molecule has 1 unspecified atom stereocenters. The summed E-state index contributed by atoms with van der Waals surface area (Å²) in [5.41, 5.74) is -0.0740. The largest absolute Gasteiger partial charge is 0.353 e. The Morgan fingerprint density at radius 3 is 2.54 bits per heavy atom. The van der Waals surface area contributed by atoms with Gasteiger partial charge in [-0.15, -0.1) is 11.3 Å². The van der Waals surface area contributed by atoms with Gasteiger partial charge in [0, 0.05) is 11.4 Å². The summed E-state index contributed by atoms with van der Waals surface area (Å²) in [6, 6.07) is 9.70. The average molecular weight is 349 g/mol. The fraction of sp³-hybridized carbons (Fsp3) is 0.294. The summed E-state index contributed by atoms with van der Waals surface area (Å²) in [7, 11) is 3.88. The Balaban J connectivity index is 1.83. The minimum atomic E-state index is -0.610. The summed E-state index contributed by atoms with van der Waals surface area (Å²) in [5, 5.41) is 7.21. The standard InChI is InChI=1S/C17H20FN3O2S/c1-21(2)14(15-8-5-9-24-15)10-19-16(22)11-20-17(23)12-6-3-4-7-13(12)18/h3-9,14H,10-11H2,1-2H3,(H,19,22)(H,20,23). The fourth-order valence-electron chi connectivity index (χ4n) is 2.19. The van der Waals surface area contributed by atoms with Crippen molar-refractivity contribution in [2.45, 2.75) is 6.04 Å². The molecular formula is C17H20FN3O2S. The maximum atomic E-state index is 13.5. The fourth-order valence-corrected chi connectivity index (χ4v) is 3.12. The molecule has 0 radical (unpaired) electrons. The molecule has 128 valence electrons. The van der Waals surface area contributed by atoms with Crippen LogP contribution in [-0.2, 0) is 4.79 Å². The first kappa shape index (κ1) is 18.1. The van der Waals surface area contributed by atoms with Crippen LogP contribution in [0, 0.1) is 5.82 Å². The van der Waals surface area contributed by atoms with Crippen molar-refractivity contribution in [2.24, 2.45) is 0 Å². The van der Waals surface area contributed by atoms with Crippen LogP contribution >= 0.6 is 11.3 Å². The van der Waals surface area contributed by atoms with Crippen molar-refractivity contribution in [1.29, 1.82) is 0 Å². The lowest BCUT2D eigenvalue weighted by Crippen LogP contribution is -2.40. The molecule has 1 atom stereocenters. The van der Waals surface area contributed by atoms with Crippen LogP contribution in [0.3, 0.4) is 0 Å². The first-order valence-corrected chi connectivity index (χ1v) is 8.36. The van der Waals surface area contributed by atoms with Gasteiger partial charge in [-0.25, -0.2) is 4.39 Å². The molecule has 2 N–H and O–H groups in total. The van der Waals surface area contributed by atoms with Gasteiger partial charge in [0.15, 0.2) is 0 Å². The predicted molar refractivity (Wildman–Crippen MR) is 92.5 cm³/mol. The number of likely N-dealkylation sites (N-methyl/N-ethyl adjacent to an activating group) is 1. The van der Waals surface area contributed by atoms with Gasteiger partial charge in [-0.05, 0) is 37.7 Å². The van der Waals surface area contributed by atoms with Crippen molar-refractivity contribution in [3.05, 3.63) is 58.0 Å². The SMILES string of the molecule is CN(C)C(CNC(=O)CNC(=O)c1ccccc1F)c1cccs1. The lowest BCUT2D eigenvalue weighted by molar-refractivity contribution is -0.120. The van der Waals surface area contributed by atoms with E-state index in [9.17, 15) is 14.0 Å². The zero-order valence-corrected chi connectivity index (χ0v) is 14.4. The Morgan fingerprint density at radius 1 is 1.17 bits per heavy atom. The highest BCUT2D eigenvalue weighted by molar-refractivity contribution is 7.10. The number of nitrogens with one attached hydrogen (secondary N) is 2. The Kier molecular flexibility index (Phi) is 6.45. The number of halogens is 1. The molecule has 0 aliphatic rings. The molecule has 1 aromatic carbocycles. The van der Waals surface area contributed by atoms with Gasteiger partial charge in [-0.1, -0.05) is 18.2 Å². The van der Waals surface area contributed by atoms with E-state index in [1.807, 2.05) is 36.5 Å². The topological polar surface area (TPSA) is 61.4 Å². The van der Waals surface area contributed by atoms with Gasteiger partial charge < -0.3 is 15.5 Å². The van der Waals surface area contributed by atoms with Gasteiger partial charge in [0.2, 0.25) is 5.91 Å². The lowest BCUT2D eigenvalue weighted by Gasteiger charge is -2.23. The molecule has 0 bridgehead atoms. The van der Waals surface area contributed by atoms with Crippen LogP contribution < -0.4 is 10.6 Å². The minimum Gasteiger partial charge on any atom is -0.353 e. The summed E-state index contributed by atoms with van der Waals surface area (Å²) in [6.45, 7) is 0.236. The van der Waals surface area contributed by atoms with E-state index in [1.165, 1.54) is 18.2 Å². The minimum absolute atomic E-state index is 0.0659. The van der Waals surface area contributed by atoms with E-state index >= 15 is 0 Å². The van der Waals surface area contributed by atoms with E-state index in [1.54, 1.807) is 17.4 Å². The second kappa shape index (κ2) is 8.56. The van der Waals surface area contributed by atoms with Crippen molar-refractivity contribution in [2.75, 3.05) is 27.2 Å². The zero-order valence-electron chi connectivity index (χ0n) is 13.6. The normalized spacial score (nSPS) is 12.0. The molecular weight excluding hydrogens is 329 g/mol. The number of carbonyl (C=O) groups is 2. The summed E-state index contributed by atoms with van der Waals surface area (Å²) in [4.78, 5) is 27.0. The molecule has 0 aliphatic carbocycles. The average Bonchev–Trinajstić information content (AvgIpc) is 3.07. The Hall–Kier alpha value is -2.25. The number of nitrogens with zero attached hydrogens (tertiary/aromatic N) is 1. The third-order valence-electron chi connectivity index (χ3n) is 3.52. The maximum absolute atomic E-state index is 13.5. The van der Waals surface area contributed by atoms with Crippen LogP contribution in [0.2, 0.25) is 0 Å². The molecule has 0 saturated carbocycles. The van der Waals surface area contributed by atoms with Gasteiger partial charge in [-0.2, -0.15) is 0 Å². The third kappa shape index (κ3) is 4.87. The predicted octanol–water partition coefficient (Wildman–Crippen LogP) is 2.04. The molecule has 0 fully saturated rings. The monoisotopic (exact) mass is 349 g/mol. The number of hydrogen-bond donors (Lipinski definition) is 2. The van der Waals surface area contributed by atoms with Crippen molar-refractivity contribution < 1.29 is 14.0 Å². The van der Waals surface area contributed by atoms with Gasteiger partial charge in [0.25, 0.3) is 5.91 Å². The van der Waals surface area contributed by atoms with Crippen LogP contribution in [0.1, 0.15) is 21.3 Å². The molecule has 5 nitrogen and oxygen atoms in total. The van der Waals surface area contributed by atoms with Crippen LogP contribution in [0.25, 0.3) is 0 Å². The number of carbonyl (C=O) groups excluding carboxylic acids is 2. The molecule has 7 heteroatoms. The zero-order chi connectivity index (χ0) is 17.5. The molecule has 2 aromatic rings. The smallest absolute Gasteiger partial charge is 0.254 e. The number of hydrogen-bond acceptors (Lipinski definition) is 4. The maximum Gasteiger partial charge on any atom is 0.254 e. The number of amides is 2. The molecule has 0 saturated heterocycles. The Morgan fingerprint density at radius 2 is 1.92 bits per heavy atom. The van der Waals surface area contributed by atoms with Crippen LogP contribution in [0.4, 0.5) is 4.39 Å². The molecule has 2 amide bonds. The van der Waals surface area contributed by atoms with E-state index < -0.39 is 11.7 Å². The van der Waals surface area contributed by atoms with Crippen molar-refractivity contribution in [3.63, 3.8) is 0 Å². The third-order valence-corrected chi connectivity index (χ3v) is 4.49. The Bertz CT molecular complexity index is 689. The summed E-state index contributed by atoms with van der Waals surface area (Å²) in [5.74, 6) is -1.53.